The topological polar surface area (TPSA) is 77.8 Å². The van der Waals surface area contributed by atoms with E-state index in [2.05, 4.69) is 31.2 Å². The molecule has 0 aliphatic carbocycles. The third-order valence-corrected chi connectivity index (χ3v) is 7.53. The molecule has 0 bridgehead atoms. The second kappa shape index (κ2) is 12.7. The summed E-state index contributed by atoms with van der Waals surface area (Å²) in [5.74, 6) is -0.550. The van der Waals surface area contributed by atoms with Gasteiger partial charge < -0.3 is 15.1 Å². The summed E-state index contributed by atoms with van der Waals surface area (Å²) in [6, 6.07) is 14.0. The largest absolute Gasteiger partial charge is 0.477 e. The lowest BCUT2D eigenvalue weighted by Gasteiger charge is -2.23. The second-order valence-electron chi connectivity index (χ2n) is 8.95. The number of aromatic carboxylic acids is 1. The van der Waals surface area contributed by atoms with Crippen molar-refractivity contribution >= 4 is 23.2 Å². The Balaban J connectivity index is 1.40. The van der Waals surface area contributed by atoms with Gasteiger partial charge in [-0.1, -0.05) is 55.8 Å². The summed E-state index contributed by atoms with van der Waals surface area (Å²) in [5.41, 5.74) is 1.36. The summed E-state index contributed by atoms with van der Waals surface area (Å²) in [5, 5.41) is 19.6. The van der Waals surface area contributed by atoms with Crippen LogP contribution < -0.4 is 0 Å². The number of amides is 1. The fraction of sp³-hybridized carbons (Fsp3) is 0.481. The Hall–Kier alpha value is -2.44. The van der Waals surface area contributed by atoms with Crippen molar-refractivity contribution in [1.29, 1.82) is 0 Å². The van der Waals surface area contributed by atoms with Gasteiger partial charge in [-0.25, -0.2) is 4.79 Å². The highest BCUT2D eigenvalue weighted by molar-refractivity contribution is 7.13. The van der Waals surface area contributed by atoms with E-state index < -0.39 is 12.1 Å². The maximum Gasteiger partial charge on any atom is 0.345 e. The van der Waals surface area contributed by atoms with E-state index in [9.17, 15) is 14.7 Å². The van der Waals surface area contributed by atoms with Crippen LogP contribution in [0.5, 0.6) is 0 Å². The predicted molar refractivity (Wildman–Crippen MR) is 133 cm³/mol. The molecule has 1 aromatic heterocycles. The number of aliphatic hydroxyl groups excluding tert-OH is 1. The van der Waals surface area contributed by atoms with Crippen LogP contribution in [-0.2, 0) is 17.6 Å². The number of benzene rings is 1. The Labute approximate surface area is 200 Å². The first-order valence-electron chi connectivity index (χ1n) is 12.0. The fourth-order valence-corrected chi connectivity index (χ4v) is 5.23. The van der Waals surface area contributed by atoms with E-state index in [1.54, 1.807) is 6.07 Å². The minimum atomic E-state index is -0.893. The lowest BCUT2D eigenvalue weighted by atomic mass is 9.95. The van der Waals surface area contributed by atoms with Crippen LogP contribution in [0.3, 0.4) is 0 Å². The standard InChI is InChI=1S/C27H35NO4S/c1-20(8-5-6-11-21-9-3-2-4-10-21)24(29)16-13-22-14-18-26(30)28(22)19-7-12-23-15-17-25(33-23)27(31)32/h2-4,9-10,13,15-17,20,22,24,29H,5-8,11-12,14,18-19H2,1H3,(H,31,32)/t20-,22?,24-/m0/s1. The molecule has 1 fully saturated rings. The van der Waals surface area contributed by atoms with E-state index in [1.807, 2.05) is 29.2 Å². The van der Waals surface area contributed by atoms with Gasteiger partial charge in [-0.15, -0.1) is 11.3 Å². The number of carboxylic acid groups (broad SMARTS) is 1. The first-order chi connectivity index (χ1) is 15.9. The van der Waals surface area contributed by atoms with Crippen LogP contribution in [0.15, 0.2) is 54.6 Å². The van der Waals surface area contributed by atoms with Crippen LogP contribution in [0.1, 0.15) is 65.6 Å². The lowest BCUT2D eigenvalue weighted by Crippen LogP contribution is -2.33. The highest BCUT2D eigenvalue weighted by Gasteiger charge is 2.28. The summed E-state index contributed by atoms with van der Waals surface area (Å²) in [4.78, 5) is 26.7. The number of nitrogens with zero attached hydrogens (tertiary/aromatic N) is 1. The SMILES string of the molecule is C[C@@H](CCCCc1ccccc1)[C@@H](O)C=CC1CCC(=O)N1CCCc1ccc(C(=O)O)s1. The number of carboxylic acids is 1. The van der Waals surface area contributed by atoms with Crippen LogP contribution in [0.25, 0.3) is 0 Å². The first kappa shape index (κ1) is 25.2. The summed E-state index contributed by atoms with van der Waals surface area (Å²) in [6.45, 7) is 2.74. The van der Waals surface area contributed by atoms with Gasteiger partial charge in [-0.05, 0) is 62.1 Å². The molecule has 0 spiro atoms. The molecular weight excluding hydrogens is 434 g/mol. The van der Waals surface area contributed by atoms with Crippen molar-refractivity contribution in [2.45, 2.75) is 70.4 Å². The molecule has 0 radical (unpaired) electrons. The zero-order valence-electron chi connectivity index (χ0n) is 19.4. The zero-order chi connectivity index (χ0) is 23.6. The molecular formula is C27H35NO4S. The summed E-state index contributed by atoms with van der Waals surface area (Å²) in [6.07, 6.45) is 10.5. The Morgan fingerprint density at radius 1 is 1.15 bits per heavy atom. The minimum Gasteiger partial charge on any atom is -0.477 e. The smallest absolute Gasteiger partial charge is 0.345 e. The monoisotopic (exact) mass is 469 g/mol. The summed E-state index contributed by atoms with van der Waals surface area (Å²) < 4.78 is 0. The van der Waals surface area contributed by atoms with Gasteiger partial charge in [0, 0.05) is 17.8 Å². The summed E-state index contributed by atoms with van der Waals surface area (Å²) >= 11 is 1.30. The highest BCUT2D eigenvalue weighted by Crippen LogP contribution is 2.23. The van der Waals surface area contributed by atoms with Gasteiger partial charge in [0.1, 0.15) is 4.88 Å². The number of thiophene rings is 1. The van der Waals surface area contributed by atoms with Gasteiger partial charge in [0.15, 0.2) is 0 Å². The maximum atomic E-state index is 12.3. The molecule has 2 aromatic rings. The number of aryl methyl sites for hydroxylation is 2. The van der Waals surface area contributed by atoms with Gasteiger partial charge in [-0.2, -0.15) is 0 Å². The average molecular weight is 470 g/mol. The number of unbranched alkanes of at least 4 members (excludes halogenated alkanes) is 1. The van der Waals surface area contributed by atoms with Crippen molar-refractivity contribution in [2.75, 3.05) is 6.54 Å². The molecule has 6 heteroatoms. The van der Waals surface area contributed by atoms with E-state index in [-0.39, 0.29) is 17.9 Å². The number of hydrogen-bond acceptors (Lipinski definition) is 4. The van der Waals surface area contributed by atoms with E-state index >= 15 is 0 Å². The zero-order valence-corrected chi connectivity index (χ0v) is 20.2. The molecule has 1 saturated heterocycles. The van der Waals surface area contributed by atoms with Crippen molar-refractivity contribution < 1.29 is 19.8 Å². The molecule has 2 N–H and O–H groups in total. The number of aliphatic hydroxyl groups is 1. The highest BCUT2D eigenvalue weighted by atomic mass is 32.1. The van der Waals surface area contributed by atoms with Crippen LogP contribution in [0.2, 0.25) is 0 Å². The molecule has 5 nitrogen and oxygen atoms in total. The van der Waals surface area contributed by atoms with Crippen molar-refractivity contribution in [3.63, 3.8) is 0 Å². The van der Waals surface area contributed by atoms with E-state index in [4.69, 9.17) is 5.11 Å². The Kier molecular flexibility index (Phi) is 9.70. The van der Waals surface area contributed by atoms with E-state index in [1.165, 1.54) is 16.9 Å². The van der Waals surface area contributed by atoms with Crippen molar-refractivity contribution in [1.82, 2.24) is 4.90 Å². The number of carbonyl (C=O) groups is 2. The van der Waals surface area contributed by atoms with E-state index in [0.717, 1.165) is 49.8 Å². The number of carbonyl (C=O) groups excluding carboxylic acids is 1. The molecule has 178 valence electrons. The molecule has 1 aliphatic heterocycles. The molecule has 33 heavy (non-hydrogen) atoms. The Morgan fingerprint density at radius 3 is 2.67 bits per heavy atom. The van der Waals surface area contributed by atoms with Crippen molar-refractivity contribution in [2.24, 2.45) is 5.92 Å². The van der Waals surface area contributed by atoms with Gasteiger partial charge in [0.05, 0.1) is 12.1 Å². The van der Waals surface area contributed by atoms with E-state index in [0.29, 0.717) is 17.8 Å². The average Bonchev–Trinajstić information content (AvgIpc) is 3.43. The number of likely N-dealkylation sites (tertiary alicyclic amines) is 1. The quantitative estimate of drug-likeness (QED) is 0.307. The minimum absolute atomic E-state index is 0.0374. The molecule has 3 atom stereocenters. The second-order valence-corrected chi connectivity index (χ2v) is 10.1. The van der Waals surface area contributed by atoms with Crippen molar-refractivity contribution in [3.8, 4) is 0 Å². The van der Waals surface area contributed by atoms with Gasteiger partial charge in [0.2, 0.25) is 5.91 Å². The maximum absolute atomic E-state index is 12.3. The van der Waals surface area contributed by atoms with Crippen molar-refractivity contribution in [3.05, 3.63) is 69.9 Å². The molecule has 1 unspecified atom stereocenters. The van der Waals surface area contributed by atoms with Gasteiger partial charge in [-0.3, -0.25) is 4.79 Å². The predicted octanol–water partition coefficient (Wildman–Crippen LogP) is 5.34. The van der Waals surface area contributed by atoms with Gasteiger partial charge >= 0.3 is 5.97 Å². The lowest BCUT2D eigenvalue weighted by molar-refractivity contribution is -0.128. The first-order valence-corrected chi connectivity index (χ1v) is 12.8. The van der Waals surface area contributed by atoms with Crippen LogP contribution >= 0.6 is 11.3 Å². The van der Waals surface area contributed by atoms with Crippen LogP contribution in [0, 0.1) is 5.92 Å². The molecule has 1 amide bonds. The number of hydrogen-bond donors (Lipinski definition) is 2. The fourth-order valence-electron chi connectivity index (χ4n) is 4.34. The Morgan fingerprint density at radius 2 is 1.94 bits per heavy atom. The number of rotatable bonds is 13. The molecule has 1 aliphatic rings. The third kappa shape index (κ3) is 7.83. The van der Waals surface area contributed by atoms with Crippen LogP contribution in [-0.4, -0.2) is 45.7 Å². The third-order valence-electron chi connectivity index (χ3n) is 6.40. The normalized spacial score (nSPS) is 18.2. The summed E-state index contributed by atoms with van der Waals surface area (Å²) in [7, 11) is 0. The molecule has 3 rings (SSSR count). The Bertz CT molecular complexity index is 923. The van der Waals surface area contributed by atoms with Crippen LogP contribution in [0.4, 0.5) is 0 Å². The van der Waals surface area contributed by atoms with Gasteiger partial charge in [0.25, 0.3) is 0 Å². The molecule has 0 saturated carbocycles. The molecule has 1 aromatic carbocycles. The molecule has 2 heterocycles.